The maximum Gasteiger partial charge on any atom is 0.131 e. The van der Waals surface area contributed by atoms with E-state index in [2.05, 4.69) is 34.4 Å². The van der Waals surface area contributed by atoms with Gasteiger partial charge in [0.25, 0.3) is 0 Å². The first-order valence-electron chi connectivity index (χ1n) is 10.2. The Morgan fingerprint density at radius 3 is 1.50 bits per heavy atom. The Balaban J connectivity index is 2.08. The van der Waals surface area contributed by atoms with Crippen LogP contribution in [0.15, 0.2) is 12.4 Å². The lowest BCUT2D eigenvalue weighted by Gasteiger charge is -2.08. The summed E-state index contributed by atoms with van der Waals surface area (Å²) in [6.45, 7) is 6.52. The zero-order valence-electron chi connectivity index (χ0n) is 15.9. The van der Waals surface area contributed by atoms with E-state index in [1.165, 1.54) is 77.0 Å². The second-order valence-electron chi connectivity index (χ2n) is 6.68. The van der Waals surface area contributed by atoms with Gasteiger partial charge >= 0.3 is 0 Å². The van der Waals surface area contributed by atoms with Crippen LogP contribution in [0.3, 0.4) is 0 Å². The van der Waals surface area contributed by atoms with Crippen molar-refractivity contribution in [3.05, 3.63) is 12.4 Å². The van der Waals surface area contributed by atoms with Gasteiger partial charge in [0.15, 0.2) is 0 Å². The smallest absolute Gasteiger partial charge is 0.131 e. The molecule has 0 aromatic carbocycles. The molecule has 1 heterocycles. The van der Waals surface area contributed by atoms with Crippen molar-refractivity contribution in [2.24, 2.45) is 0 Å². The monoisotopic (exact) mass is 334 g/mol. The second kappa shape index (κ2) is 15.2. The molecule has 0 aliphatic heterocycles. The Morgan fingerprint density at radius 2 is 1.04 bits per heavy atom. The molecule has 0 fully saturated rings. The van der Waals surface area contributed by atoms with Crippen LogP contribution in [0.1, 0.15) is 90.9 Å². The normalized spacial score (nSPS) is 10.8. The van der Waals surface area contributed by atoms with E-state index in [1.807, 2.05) is 6.07 Å². The molecule has 138 valence electrons. The van der Waals surface area contributed by atoms with Gasteiger partial charge in [0, 0.05) is 19.2 Å². The fourth-order valence-electron chi connectivity index (χ4n) is 2.79. The zero-order valence-corrected chi connectivity index (χ0v) is 15.9. The number of anilines is 2. The molecular weight excluding hydrogens is 296 g/mol. The molecule has 0 aliphatic carbocycles. The van der Waals surface area contributed by atoms with E-state index in [1.54, 1.807) is 6.33 Å². The Hall–Kier alpha value is -1.32. The van der Waals surface area contributed by atoms with Gasteiger partial charge in [-0.2, -0.15) is 0 Å². The molecule has 0 aliphatic rings. The van der Waals surface area contributed by atoms with Crippen LogP contribution in [-0.2, 0) is 0 Å². The van der Waals surface area contributed by atoms with Crippen molar-refractivity contribution in [2.75, 3.05) is 23.7 Å². The van der Waals surface area contributed by atoms with Crippen molar-refractivity contribution in [3.63, 3.8) is 0 Å². The lowest BCUT2D eigenvalue weighted by Crippen LogP contribution is -2.07. The predicted octanol–water partition coefficient (Wildman–Crippen LogP) is 6.02. The first kappa shape index (κ1) is 20.7. The van der Waals surface area contributed by atoms with E-state index >= 15 is 0 Å². The molecule has 24 heavy (non-hydrogen) atoms. The first-order chi connectivity index (χ1) is 11.9. The van der Waals surface area contributed by atoms with Gasteiger partial charge in [0.2, 0.25) is 0 Å². The fourth-order valence-corrected chi connectivity index (χ4v) is 2.79. The molecule has 1 rings (SSSR count). The van der Waals surface area contributed by atoms with Gasteiger partial charge < -0.3 is 10.6 Å². The third kappa shape index (κ3) is 11.3. The van der Waals surface area contributed by atoms with Gasteiger partial charge in [0.05, 0.1) is 0 Å². The number of aromatic nitrogens is 2. The molecule has 1 aromatic rings. The lowest BCUT2D eigenvalue weighted by atomic mass is 10.1. The van der Waals surface area contributed by atoms with E-state index in [0.29, 0.717) is 0 Å². The fraction of sp³-hybridized carbons (Fsp3) is 0.800. The number of nitrogens with one attached hydrogen (secondary N) is 2. The molecule has 0 amide bonds. The number of rotatable bonds is 16. The van der Waals surface area contributed by atoms with Crippen molar-refractivity contribution < 1.29 is 0 Å². The summed E-state index contributed by atoms with van der Waals surface area (Å²) in [6, 6.07) is 2.02. The Bertz CT molecular complexity index is 362. The summed E-state index contributed by atoms with van der Waals surface area (Å²) in [7, 11) is 0. The van der Waals surface area contributed by atoms with E-state index < -0.39 is 0 Å². The van der Waals surface area contributed by atoms with Crippen LogP contribution in [0, 0.1) is 0 Å². The van der Waals surface area contributed by atoms with Crippen LogP contribution in [0.25, 0.3) is 0 Å². The first-order valence-corrected chi connectivity index (χ1v) is 10.2. The SMILES string of the molecule is CCCCCCCCNc1cc(NCCCCCCCC)ncn1. The molecule has 0 radical (unpaired) electrons. The van der Waals surface area contributed by atoms with Crippen LogP contribution in [0.5, 0.6) is 0 Å². The van der Waals surface area contributed by atoms with Gasteiger partial charge in [-0.25, -0.2) is 9.97 Å². The minimum absolute atomic E-state index is 0.934. The number of nitrogens with zero attached hydrogens (tertiary/aromatic N) is 2. The highest BCUT2D eigenvalue weighted by atomic mass is 15.1. The Kier molecular flexibility index (Phi) is 13.1. The highest BCUT2D eigenvalue weighted by Gasteiger charge is 1.98. The summed E-state index contributed by atoms with van der Waals surface area (Å²) < 4.78 is 0. The van der Waals surface area contributed by atoms with Crippen LogP contribution in [-0.4, -0.2) is 23.1 Å². The van der Waals surface area contributed by atoms with Crippen molar-refractivity contribution >= 4 is 11.6 Å². The van der Waals surface area contributed by atoms with E-state index in [-0.39, 0.29) is 0 Å². The molecule has 1 aromatic heterocycles. The number of unbranched alkanes of at least 4 members (excludes halogenated alkanes) is 10. The quantitative estimate of drug-likeness (QED) is 0.363. The molecule has 0 saturated carbocycles. The third-order valence-electron chi connectivity index (χ3n) is 4.34. The maximum atomic E-state index is 4.30. The highest BCUT2D eigenvalue weighted by molar-refractivity contribution is 5.46. The molecule has 0 saturated heterocycles. The Morgan fingerprint density at radius 1 is 0.625 bits per heavy atom. The van der Waals surface area contributed by atoms with Gasteiger partial charge in [-0.1, -0.05) is 78.1 Å². The summed E-state index contributed by atoms with van der Waals surface area (Å²) in [4.78, 5) is 8.61. The van der Waals surface area contributed by atoms with Crippen molar-refractivity contribution in [1.29, 1.82) is 0 Å². The van der Waals surface area contributed by atoms with Crippen LogP contribution < -0.4 is 10.6 Å². The third-order valence-corrected chi connectivity index (χ3v) is 4.34. The van der Waals surface area contributed by atoms with Crippen molar-refractivity contribution in [2.45, 2.75) is 90.9 Å². The predicted molar refractivity (Wildman–Crippen MR) is 106 cm³/mol. The second-order valence-corrected chi connectivity index (χ2v) is 6.68. The number of hydrogen-bond donors (Lipinski definition) is 2. The standard InChI is InChI=1S/C20H38N4/c1-3-5-7-9-11-13-15-21-19-17-20(24-18-23-19)22-16-14-12-10-8-6-4-2/h17-18H,3-16H2,1-2H3,(H2,21,22,23,24). The molecular formula is C20H38N4. The molecule has 0 atom stereocenters. The van der Waals surface area contributed by atoms with E-state index in [0.717, 1.165) is 24.7 Å². The Labute approximate surface area is 149 Å². The highest BCUT2D eigenvalue weighted by Crippen LogP contribution is 2.11. The van der Waals surface area contributed by atoms with Gasteiger partial charge in [-0.15, -0.1) is 0 Å². The van der Waals surface area contributed by atoms with Gasteiger partial charge in [-0.05, 0) is 12.8 Å². The summed E-state index contributed by atoms with van der Waals surface area (Å²) in [5.41, 5.74) is 0. The molecule has 0 unspecified atom stereocenters. The summed E-state index contributed by atoms with van der Waals surface area (Å²) in [6.07, 6.45) is 17.5. The molecule has 0 spiro atoms. The lowest BCUT2D eigenvalue weighted by molar-refractivity contribution is 0.616. The van der Waals surface area contributed by atoms with Crippen molar-refractivity contribution in [1.82, 2.24) is 9.97 Å². The minimum Gasteiger partial charge on any atom is -0.370 e. The topological polar surface area (TPSA) is 49.8 Å². The molecule has 0 bridgehead atoms. The van der Waals surface area contributed by atoms with Gasteiger partial charge in [-0.3, -0.25) is 0 Å². The number of hydrogen-bond acceptors (Lipinski definition) is 4. The molecule has 2 N–H and O–H groups in total. The molecule has 4 heteroatoms. The largest absolute Gasteiger partial charge is 0.370 e. The average molecular weight is 335 g/mol. The van der Waals surface area contributed by atoms with Crippen LogP contribution in [0.4, 0.5) is 11.6 Å². The summed E-state index contributed by atoms with van der Waals surface area (Å²) in [5, 5.41) is 6.82. The zero-order chi connectivity index (χ0) is 17.3. The van der Waals surface area contributed by atoms with Gasteiger partial charge in [0.1, 0.15) is 18.0 Å². The van der Waals surface area contributed by atoms with Crippen LogP contribution >= 0.6 is 0 Å². The minimum atomic E-state index is 0.934. The summed E-state index contributed by atoms with van der Waals surface area (Å²) >= 11 is 0. The van der Waals surface area contributed by atoms with E-state index in [4.69, 9.17) is 0 Å². The van der Waals surface area contributed by atoms with Crippen molar-refractivity contribution in [3.8, 4) is 0 Å². The maximum absolute atomic E-state index is 4.30. The molecule has 4 nitrogen and oxygen atoms in total. The summed E-state index contributed by atoms with van der Waals surface area (Å²) in [5.74, 6) is 1.87. The average Bonchev–Trinajstić information content (AvgIpc) is 2.60. The van der Waals surface area contributed by atoms with Crippen LogP contribution in [0.2, 0.25) is 0 Å². The van der Waals surface area contributed by atoms with E-state index in [9.17, 15) is 0 Å².